The summed E-state index contributed by atoms with van der Waals surface area (Å²) in [4.78, 5) is 99.0. The van der Waals surface area contributed by atoms with Gasteiger partial charge in [0.2, 0.25) is 5.91 Å². The fraction of sp³-hybridized carbons (Fsp3) is 0.283. The molecule has 2 amide bonds. The van der Waals surface area contributed by atoms with Crippen LogP contribution in [0.2, 0.25) is 30.1 Å². The summed E-state index contributed by atoms with van der Waals surface area (Å²) in [6.45, 7) is 13.2. The van der Waals surface area contributed by atoms with Crippen molar-refractivity contribution >= 4 is 202 Å². The number of nitrogens with zero attached hydrogens (tertiary/aromatic N) is 6. The average molecular weight is 1860 g/mol. The normalized spacial score (nSPS) is 18.6. The van der Waals surface area contributed by atoms with Crippen molar-refractivity contribution in [2.75, 3.05) is 144 Å². The number of halogens is 6. The fourth-order valence-electron chi connectivity index (χ4n) is 16.5. The van der Waals surface area contributed by atoms with Crippen LogP contribution in [0.25, 0.3) is 42.6 Å². The molecule has 4 fully saturated rings. The van der Waals surface area contributed by atoms with E-state index in [1.54, 1.807) is 75.9 Å². The number of methoxy groups -OCH3 is 1. The van der Waals surface area contributed by atoms with Crippen LogP contribution in [0.3, 0.4) is 0 Å². The number of carbonyl (C=O) groups excluding carboxylic acids is 5. The molecule has 4 atom stereocenters. The van der Waals surface area contributed by atoms with Gasteiger partial charge < -0.3 is 58.9 Å². The molecular formula is C92H81Cl6N9O11S5. The van der Waals surface area contributed by atoms with E-state index >= 15 is 0 Å². The van der Waals surface area contributed by atoms with Crippen molar-refractivity contribution in [1.82, 2.24) is 20.3 Å². The van der Waals surface area contributed by atoms with Crippen LogP contribution in [0.15, 0.2) is 181 Å². The number of fused-ring (bicyclic) bond motifs is 6. The number of nitrogens with one attached hydrogen (secondary N) is 3. The number of ketones is 2. The van der Waals surface area contributed by atoms with Gasteiger partial charge in [0, 0.05) is 151 Å². The molecule has 2 aliphatic carbocycles. The maximum atomic E-state index is 12.7. The molecule has 3 N–H and O–H groups in total. The number of benzene rings is 5. The number of rotatable bonds is 11. The number of ether oxygens (including phenoxy) is 5. The molecule has 0 spiro atoms. The average Bonchev–Trinajstić information content (AvgIpc) is 1.66. The number of pyridine rings is 3. The summed E-state index contributed by atoms with van der Waals surface area (Å²) in [7, 11) is 1.27. The SMILES string of the molecule is COC(=O)c1[nH]c(=O)c2sc(N3CCOCC3)cc2c1-c1ccc(Cl)c(Cl)c1.O=C1CC(c2ccc(Cl)cc2)c2cc(-c3ccncc3)sc2N1.O=C1CC(c2ccc3ccccc3n2)c2cc(N3CCOCC3)sc21.O=C1CC(c2cccc(Cl)c2)c2cc(N3CCOCC3)sc21.O=C1NCCC(c2ccc(Cl)c(Cl)c2)c2cc(N3CCOCC3)sc21. The van der Waals surface area contributed by atoms with Crippen LogP contribution >= 0.6 is 126 Å². The standard InChI is InChI=1S/C20H18N2O2S.C19H16Cl2N2O4S.C18H18Cl2N2O2S.C18H13ClN2OS.C17H16ClNO2S/c23-18-11-14(17-6-5-13-3-1-2-4-16(13)21-17)15-12-19(25-20(15)18)22-7-9-24-10-8-22;1-26-19(25)16-15(10-2-3-12(20)13(21)8-10)11-9-14(23-4-6-27-7-5-23)28-17(11)18(24)22-16;19-14-2-1-11(9-15(14)20)12-3-4-21-18(23)17-13(12)10-16(25-17)22-5-7-24-8-6-22;19-13-3-1-11(2-4-13)14-10-17(22)21-18-15(14)9-16(23-18)12-5-7-20-8-6-12;18-12-3-1-2-11(8-12)13-9-15(20)17-14(13)10-16(22-17)19-4-6-21-7-5-19/h1-6,12,14H,7-11H2;2-3,8-9H,4-7H2,1H3,(H,22,24);1-2,9-10,12H,3-8H2,(H,21,23);1-9,14H,10H2,(H,21,22);1-3,8,10,13H,4-7,9H2. The Morgan fingerprint density at radius 1 is 0.472 bits per heavy atom. The van der Waals surface area contributed by atoms with E-state index in [0.29, 0.717) is 85.3 Å². The molecule has 14 heterocycles. The van der Waals surface area contributed by atoms with Crippen molar-refractivity contribution in [2.45, 2.75) is 49.4 Å². The summed E-state index contributed by atoms with van der Waals surface area (Å²) in [6.07, 6.45) is 5.96. The fourth-order valence-corrected chi connectivity index (χ4v) is 23.3. The topological polar surface area (TPSA) is 227 Å². The van der Waals surface area contributed by atoms with Gasteiger partial charge in [0.15, 0.2) is 11.6 Å². The zero-order valence-electron chi connectivity index (χ0n) is 66.4. The van der Waals surface area contributed by atoms with Gasteiger partial charge in [0.1, 0.15) is 10.4 Å². The Morgan fingerprint density at radius 3 is 1.62 bits per heavy atom. The van der Waals surface area contributed by atoms with Gasteiger partial charge in [-0.3, -0.25) is 33.9 Å². The van der Waals surface area contributed by atoms with Crippen molar-refractivity contribution < 1.29 is 47.7 Å². The quantitative estimate of drug-likeness (QED) is 0.102. The minimum Gasteiger partial charge on any atom is -0.464 e. The monoisotopic (exact) mass is 1860 g/mol. The number of amides is 2. The third-order valence-electron chi connectivity index (χ3n) is 22.7. The predicted octanol–water partition coefficient (Wildman–Crippen LogP) is 21.1. The molecule has 632 valence electrons. The maximum Gasteiger partial charge on any atom is 0.355 e. The second kappa shape index (κ2) is 38.8. The first kappa shape index (κ1) is 86.0. The lowest BCUT2D eigenvalue weighted by molar-refractivity contribution is -0.116. The van der Waals surface area contributed by atoms with E-state index < -0.39 is 5.97 Å². The number of morpholine rings is 4. The van der Waals surface area contributed by atoms with E-state index in [1.165, 1.54) is 39.6 Å². The Kier molecular flexibility index (Phi) is 27.1. The zero-order chi connectivity index (χ0) is 84.9. The highest BCUT2D eigenvalue weighted by atomic mass is 35.5. The van der Waals surface area contributed by atoms with Crippen LogP contribution < -0.4 is 35.8 Å². The molecule has 4 unspecified atom stereocenters. The molecule has 123 heavy (non-hydrogen) atoms. The van der Waals surface area contributed by atoms with Gasteiger partial charge >= 0.3 is 5.97 Å². The molecule has 6 aliphatic heterocycles. The number of hydrogen-bond acceptors (Lipinski definition) is 22. The molecule has 0 radical (unpaired) electrons. The zero-order valence-corrected chi connectivity index (χ0v) is 75.0. The second-order valence-corrected chi connectivity index (χ2v) is 37.9. The first-order valence-corrected chi connectivity index (χ1v) is 46.7. The van der Waals surface area contributed by atoms with Gasteiger partial charge in [-0.2, -0.15) is 0 Å². The molecule has 13 aromatic rings. The van der Waals surface area contributed by atoms with Gasteiger partial charge in [-0.25, -0.2) is 4.79 Å². The van der Waals surface area contributed by atoms with Crippen molar-refractivity contribution in [3.05, 3.63) is 282 Å². The number of para-hydroxylation sites is 1. The molecule has 4 saturated heterocycles. The molecular weight excluding hydrogens is 1780 g/mol. The minimum atomic E-state index is -0.626. The van der Waals surface area contributed by atoms with Crippen LogP contribution in [0, 0.1) is 0 Å². The largest absolute Gasteiger partial charge is 0.464 e. The van der Waals surface area contributed by atoms with Gasteiger partial charge in [-0.15, -0.1) is 56.7 Å². The number of Topliss-reactive ketones (excluding diaryl/α,β-unsaturated/α-hetero) is 2. The van der Waals surface area contributed by atoms with Crippen molar-refractivity contribution in [2.24, 2.45) is 0 Å². The lowest BCUT2D eigenvalue weighted by Gasteiger charge is -2.27. The Morgan fingerprint density at radius 2 is 1.02 bits per heavy atom. The summed E-state index contributed by atoms with van der Waals surface area (Å²) in [5, 5.41) is 16.5. The highest BCUT2D eigenvalue weighted by Crippen LogP contribution is 2.50. The molecule has 8 aliphatic rings. The summed E-state index contributed by atoms with van der Waals surface area (Å²) in [5.41, 5.74) is 12.0. The third-order valence-corrected chi connectivity index (χ3v) is 30.7. The maximum absolute atomic E-state index is 12.7. The van der Waals surface area contributed by atoms with Crippen molar-refractivity contribution in [3.8, 4) is 21.6 Å². The van der Waals surface area contributed by atoms with Gasteiger partial charge in [0.05, 0.1) is 125 Å². The second-order valence-electron chi connectivity index (χ2n) is 30.3. The summed E-state index contributed by atoms with van der Waals surface area (Å²) < 4.78 is 27.1. The van der Waals surface area contributed by atoms with Crippen LogP contribution in [0.4, 0.5) is 25.0 Å². The molecule has 0 saturated carbocycles. The smallest absolute Gasteiger partial charge is 0.355 e. The van der Waals surface area contributed by atoms with E-state index in [0.717, 1.165) is 188 Å². The molecule has 8 aromatic heterocycles. The highest BCUT2D eigenvalue weighted by Gasteiger charge is 2.38. The number of H-pyrrole nitrogens is 1. The Bertz CT molecular complexity index is 6170. The summed E-state index contributed by atoms with van der Waals surface area (Å²) >= 11 is 44.5. The molecule has 20 nitrogen and oxygen atoms in total. The predicted molar refractivity (Wildman–Crippen MR) is 498 cm³/mol. The first-order valence-electron chi connectivity index (χ1n) is 40.3. The number of aromatic nitrogens is 3. The molecule has 31 heteroatoms. The van der Waals surface area contributed by atoms with Gasteiger partial charge in [-0.05, 0) is 160 Å². The van der Waals surface area contributed by atoms with E-state index in [9.17, 15) is 28.8 Å². The van der Waals surface area contributed by atoms with Crippen LogP contribution in [0.1, 0.15) is 133 Å². The number of aromatic amines is 1. The Hall–Kier alpha value is -9.10. The van der Waals surface area contributed by atoms with Gasteiger partial charge in [-0.1, -0.05) is 130 Å². The van der Waals surface area contributed by atoms with Crippen molar-refractivity contribution in [1.29, 1.82) is 0 Å². The van der Waals surface area contributed by atoms with Crippen molar-refractivity contribution in [3.63, 3.8) is 0 Å². The summed E-state index contributed by atoms with van der Waals surface area (Å²) in [5.74, 6) is 0.383. The minimum absolute atomic E-state index is 0.0158. The van der Waals surface area contributed by atoms with Crippen LogP contribution in [-0.2, 0) is 28.5 Å². The summed E-state index contributed by atoms with van der Waals surface area (Å²) in [6, 6.07) is 53.4. The van der Waals surface area contributed by atoms with E-state index in [4.69, 9.17) is 98.3 Å². The number of thiophene rings is 5. The van der Waals surface area contributed by atoms with E-state index in [-0.39, 0.29) is 58.3 Å². The van der Waals surface area contributed by atoms with Gasteiger partial charge in [0.25, 0.3) is 11.5 Å². The number of anilines is 5. The highest BCUT2D eigenvalue weighted by molar-refractivity contribution is 7.23. The van der Waals surface area contributed by atoms with E-state index in [1.807, 2.05) is 97.1 Å². The molecule has 5 aromatic carbocycles. The third kappa shape index (κ3) is 19.2. The lowest BCUT2D eigenvalue weighted by Crippen LogP contribution is -2.35. The number of hydrogen-bond donors (Lipinski definition) is 3. The van der Waals surface area contributed by atoms with Crippen LogP contribution in [-0.4, -0.2) is 163 Å². The Balaban J connectivity index is 0.000000109. The molecule has 21 rings (SSSR count). The first-order chi connectivity index (χ1) is 59.8. The Labute approximate surface area is 759 Å². The number of esters is 1. The number of carbonyl (C=O) groups is 5. The van der Waals surface area contributed by atoms with Crippen LogP contribution in [0.5, 0.6) is 0 Å². The lowest BCUT2D eigenvalue weighted by atomic mass is 9.87. The molecule has 0 bridgehead atoms. The van der Waals surface area contributed by atoms with E-state index in [2.05, 4.69) is 88.7 Å².